The molecule has 0 aliphatic carbocycles. The highest BCUT2D eigenvalue weighted by molar-refractivity contribution is 7.15. The number of aromatic nitrogens is 1. The lowest BCUT2D eigenvalue weighted by Crippen LogP contribution is -2.22. The van der Waals surface area contributed by atoms with Crippen LogP contribution in [0.1, 0.15) is 28.1 Å². The summed E-state index contributed by atoms with van der Waals surface area (Å²) in [6.07, 6.45) is 2.39. The number of nitrogens with one attached hydrogen (secondary N) is 1. The minimum absolute atomic E-state index is 0.911. The molecule has 0 spiro atoms. The van der Waals surface area contributed by atoms with Crippen LogP contribution < -0.4 is 10.2 Å². The zero-order valence-electron chi connectivity index (χ0n) is 12.1. The maximum atomic E-state index is 4.77. The van der Waals surface area contributed by atoms with Gasteiger partial charge in [0.15, 0.2) is 5.13 Å². The summed E-state index contributed by atoms with van der Waals surface area (Å²) < 4.78 is 0. The van der Waals surface area contributed by atoms with Gasteiger partial charge in [-0.1, -0.05) is 24.3 Å². The van der Waals surface area contributed by atoms with E-state index in [4.69, 9.17) is 4.98 Å². The van der Waals surface area contributed by atoms with Crippen molar-refractivity contribution < 1.29 is 0 Å². The SMILES string of the molecule is CNCc1sc(N2CCCc3ccccc3C2)nc1C. The van der Waals surface area contributed by atoms with Gasteiger partial charge in [0.05, 0.1) is 5.69 Å². The van der Waals surface area contributed by atoms with E-state index in [1.807, 2.05) is 18.4 Å². The summed E-state index contributed by atoms with van der Waals surface area (Å²) in [5.74, 6) is 0. The molecule has 0 radical (unpaired) electrons. The van der Waals surface area contributed by atoms with Gasteiger partial charge >= 0.3 is 0 Å². The van der Waals surface area contributed by atoms with E-state index in [-0.39, 0.29) is 0 Å². The molecule has 3 nitrogen and oxygen atoms in total. The van der Waals surface area contributed by atoms with Crippen LogP contribution in [0.3, 0.4) is 0 Å². The van der Waals surface area contributed by atoms with Gasteiger partial charge in [0.2, 0.25) is 0 Å². The minimum atomic E-state index is 0.911. The number of hydrogen-bond donors (Lipinski definition) is 1. The number of thiazole rings is 1. The van der Waals surface area contributed by atoms with E-state index in [1.165, 1.54) is 34.0 Å². The molecule has 1 aromatic carbocycles. The van der Waals surface area contributed by atoms with Crippen LogP contribution in [0.5, 0.6) is 0 Å². The summed E-state index contributed by atoms with van der Waals surface area (Å²) in [6.45, 7) is 5.11. The van der Waals surface area contributed by atoms with Crippen molar-refractivity contribution in [3.05, 3.63) is 46.0 Å². The first-order valence-electron chi connectivity index (χ1n) is 7.20. The van der Waals surface area contributed by atoms with Crippen molar-refractivity contribution in [3.8, 4) is 0 Å². The van der Waals surface area contributed by atoms with Gasteiger partial charge in [-0.3, -0.25) is 0 Å². The second-order valence-corrected chi connectivity index (χ2v) is 6.39. The maximum Gasteiger partial charge on any atom is 0.186 e. The van der Waals surface area contributed by atoms with Crippen LogP contribution in [0.25, 0.3) is 0 Å². The lowest BCUT2D eigenvalue weighted by atomic mass is 10.0. The molecule has 0 bridgehead atoms. The maximum absolute atomic E-state index is 4.77. The first kappa shape index (κ1) is 13.6. The summed E-state index contributed by atoms with van der Waals surface area (Å²) in [7, 11) is 1.99. The molecular formula is C16H21N3S. The Labute approximate surface area is 124 Å². The van der Waals surface area contributed by atoms with Crippen LogP contribution >= 0.6 is 11.3 Å². The van der Waals surface area contributed by atoms with Crippen molar-refractivity contribution in [3.63, 3.8) is 0 Å². The molecule has 0 saturated heterocycles. The fourth-order valence-electron chi connectivity index (χ4n) is 2.74. The summed E-state index contributed by atoms with van der Waals surface area (Å²) in [5, 5.41) is 4.39. The molecule has 4 heteroatoms. The van der Waals surface area contributed by atoms with Gasteiger partial charge < -0.3 is 10.2 Å². The molecule has 0 atom stereocenters. The fraction of sp³-hybridized carbons (Fsp3) is 0.438. The van der Waals surface area contributed by atoms with Gasteiger partial charge in [0.25, 0.3) is 0 Å². The Kier molecular flexibility index (Phi) is 4.03. The van der Waals surface area contributed by atoms with E-state index in [1.54, 1.807) is 0 Å². The minimum Gasteiger partial charge on any atom is -0.344 e. The highest BCUT2D eigenvalue weighted by Gasteiger charge is 2.18. The highest BCUT2D eigenvalue weighted by atomic mass is 32.1. The molecule has 106 valence electrons. The van der Waals surface area contributed by atoms with Gasteiger partial charge in [-0.2, -0.15) is 0 Å². The van der Waals surface area contributed by atoms with Crippen LogP contribution in [-0.4, -0.2) is 18.6 Å². The largest absolute Gasteiger partial charge is 0.344 e. The van der Waals surface area contributed by atoms with E-state index in [0.29, 0.717) is 0 Å². The number of nitrogens with zero attached hydrogens (tertiary/aromatic N) is 2. The topological polar surface area (TPSA) is 28.2 Å². The fourth-order valence-corrected chi connectivity index (χ4v) is 3.83. The van der Waals surface area contributed by atoms with Crippen molar-refractivity contribution in [2.45, 2.75) is 32.9 Å². The number of benzene rings is 1. The Morgan fingerprint density at radius 1 is 1.30 bits per heavy atom. The zero-order chi connectivity index (χ0) is 13.9. The van der Waals surface area contributed by atoms with E-state index < -0.39 is 0 Å². The van der Waals surface area contributed by atoms with Gasteiger partial charge in [-0.15, -0.1) is 11.3 Å². The lowest BCUT2D eigenvalue weighted by molar-refractivity contribution is 0.761. The predicted molar refractivity (Wildman–Crippen MR) is 85.4 cm³/mol. The standard InChI is InChI=1S/C16H21N3S/c1-12-15(10-17-2)20-16(18-12)19-9-5-8-13-6-3-4-7-14(13)11-19/h3-4,6-7,17H,5,8-11H2,1-2H3. The molecular weight excluding hydrogens is 266 g/mol. The lowest BCUT2D eigenvalue weighted by Gasteiger charge is -2.19. The highest BCUT2D eigenvalue weighted by Crippen LogP contribution is 2.29. The average Bonchev–Trinajstić information content (AvgIpc) is 2.70. The van der Waals surface area contributed by atoms with Crippen molar-refractivity contribution in [1.82, 2.24) is 10.3 Å². The molecule has 20 heavy (non-hydrogen) atoms. The third kappa shape index (κ3) is 2.72. The first-order valence-corrected chi connectivity index (χ1v) is 8.02. The molecule has 1 aliphatic rings. The third-order valence-electron chi connectivity index (χ3n) is 3.84. The first-order chi connectivity index (χ1) is 9.78. The Hall–Kier alpha value is -1.39. The third-order valence-corrected chi connectivity index (χ3v) is 5.06. The van der Waals surface area contributed by atoms with Crippen LogP contribution in [0.2, 0.25) is 0 Å². The molecule has 0 fully saturated rings. The van der Waals surface area contributed by atoms with Crippen LogP contribution in [0, 0.1) is 6.92 Å². The smallest absolute Gasteiger partial charge is 0.186 e. The number of fused-ring (bicyclic) bond motifs is 1. The molecule has 1 N–H and O–H groups in total. The second kappa shape index (κ2) is 5.94. The van der Waals surface area contributed by atoms with E-state index in [2.05, 4.69) is 41.4 Å². The molecule has 0 unspecified atom stereocenters. The van der Waals surface area contributed by atoms with Crippen molar-refractivity contribution in [1.29, 1.82) is 0 Å². The second-order valence-electron chi connectivity index (χ2n) is 5.33. The molecule has 0 amide bonds. The number of rotatable bonds is 3. The van der Waals surface area contributed by atoms with Crippen molar-refractivity contribution in [2.24, 2.45) is 0 Å². The van der Waals surface area contributed by atoms with Crippen LogP contribution in [0.15, 0.2) is 24.3 Å². The molecule has 1 aliphatic heterocycles. The van der Waals surface area contributed by atoms with Crippen molar-refractivity contribution >= 4 is 16.5 Å². The van der Waals surface area contributed by atoms with Gasteiger partial charge in [-0.05, 0) is 37.9 Å². The molecule has 2 heterocycles. The quantitative estimate of drug-likeness (QED) is 0.940. The summed E-state index contributed by atoms with van der Waals surface area (Å²) in [5.41, 5.74) is 4.11. The summed E-state index contributed by atoms with van der Waals surface area (Å²) in [4.78, 5) is 8.55. The summed E-state index contributed by atoms with van der Waals surface area (Å²) >= 11 is 1.83. The van der Waals surface area contributed by atoms with E-state index in [0.717, 1.165) is 25.3 Å². The number of anilines is 1. The van der Waals surface area contributed by atoms with Crippen LogP contribution in [-0.2, 0) is 19.5 Å². The average molecular weight is 287 g/mol. The van der Waals surface area contributed by atoms with Gasteiger partial charge in [0, 0.05) is 24.5 Å². The zero-order valence-corrected chi connectivity index (χ0v) is 13.0. The van der Waals surface area contributed by atoms with Gasteiger partial charge in [-0.25, -0.2) is 4.98 Å². The molecule has 2 aromatic rings. The molecule has 1 aromatic heterocycles. The van der Waals surface area contributed by atoms with E-state index >= 15 is 0 Å². The summed E-state index contributed by atoms with van der Waals surface area (Å²) in [6, 6.07) is 8.80. The van der Waals surface area contributed by atoms with Gasteiger partial charge in [0.1, 0.15) is 0 Å². The Bertz CT molecular complexity index is 591. The van der Waals surface area contributed by atoms with Crippen LogP contribution in [0.4, 0.5) is 5.13 Å². The van der Waals surface area contributed by atoms with Crippen molar-refractivity contribution in [2.75, 3.05) is 18.5 Å². The molecule has 0 saturated carbocycles. The Morgan fingerprint density at radius 3 is 2.90 bits per heavy atom. The Balaban J connectivity index is 1.85. The van der Waals surface area contributed by atoms with E-state index in [9.17, 15) is 0 Å². The number of hydrogen-bond acceptors (Lipinski definition) is 4. The molecule has 3 rings (SSSR count). The predicted octanol–water partition coefficient (Wildman–Crippen LogP) is 3.12. The Morgan fingerprint density at radius 2 is 2.10 bits per heavy atom. The monoisotopic (exact) mass is 287 g/mol. The normalized spacial score (nSPS) is 15.0. The number of aryl methyl sites for hydroxylation is 2.